The maximum Gasteiger partial charge on any atom is 0.233 e. The lowest BCUT2D eigenvalue weighted by atomic mass is 10.0. The van der Waals surface area contributed by atoms with Crippen molar-refractivity contribution in [1.82, 2.24) is 0 Å². The number of carbonyl (C=O) groups excluding carboxylic acids is 2. The Morgan fingerprint density at radius 3 is 2.06 bits per heavy atom. The van der Waals surface area contributed by atoms with E-state index in [1.807, 2.05) is 31.2 Å². The van der Waals surface area contributed by atoms with Crippen LogP contribution in [0, 0.1) is 12.8 Å². The van der Waals surface area contributed by atoms with Crippen molar-refractivity contribution in [3.8, 4) is 0 Å². The number of hydrogen-bond acceptors (Lipinski definition) is 2. The highest BCUT2D eigenvalue weighted by atomic mass is 35.5. The van der Waals surface area contributed by atoms with E-state index in [-0.39, 0.29) is 0 Å². The zero-order chi connectivity index (χ0) is 12.1. The molecule has 0 heterocycles. The van der Waals surface area contributed by atoms with Gasteiger partial charge in [-0.3, -0.25) is 9.59 Å². The monoisotopic (exact) mass is 258 g/mol. The quantitative estimate of drug-likeness (QED) is 0.601. The molecule has 0 aromatic heterocycles. The van der Waals surface area contributed by atoms with Gasteiger partial charge in [-0.2, -0.15) is 0 Å². The number of hydrogen-bond donors (Lipinski definition) is 0. The molecule has 1 aromatic carbocycles. The van der Waals surface area contributed by atoms with Crippen LogP contribution >= 0.6 is 23.2 Å². The molecule has 0 atom stereocenters. The third kappa shape index (κ3) is 3.95. The van der Waals surface area contributed by atoms with Crippen LogP contribution in [0.1, 0.15) is 17.5 Å². The molecule has 0 amide bonds. The molecule has 1 rings (SSSR count). The van der Waals surface area contributed by atoms with Gasteiger partial charge >= 0.3 is 0 Å². The first-order valence-corrected chi connectivity index (χ1v) is 5.70. The predicted octanol–water partition coefficient (Wildman–Crippen LogP) is 3.07. The van der Waals surface area contributed by atoms with Crippen LogP contribution in [0.3, 0.4) is 0 Å². The molecule has 0 spiro atoms. The summed E-state index contributed by atoms with van der Waals surface area (Å²) in [5.74, 6) is -0.898. The topological polar surface area (TPSA) is 34.1 Å². The molecule has 0 aliphatic carbocycles. The van der Waals surface area contributed by atoms with Crippen LogP contribution in [0.2, 0.25) is 0 Å². The molecule has 16 heavy (non-hydrogen) atoms. The fourth-order valence-electron chi connectivity index (χ4n) is 1.38. The summed E-state index contributed by atoms with van der Waals surface area (Å²) in [6.07, 6.45) is 0.968. The van der Waals surface area contributed by atoms with Crippen molar-refractivity contribution >= 4 is 33.7 Å². The van der Waals surface area contributed by atoms with Crippen LogP contribution in [0.25, 0.3) is 0 Å². The van der Waals surface area contributed by atoms with E-state index in [9.17, 15) is 9.59 Å². The van der Waals surface area contributed by atoms with Crippen molar-refractivity contribution < 1.29 is 9.59 Å². The van der Waals surface area contributed by atoms with Crippen molar-refractivity contribution in [3.63, 3.8) is 0 Å². The Morgan fingerprint density at radius 1 is 1.12 bits per heavy atom. The molecule has 0 aliphatic rings. The molecule has 0 bridgehead atoms. The summed E-state index contributed by atoms with van der Waals surface area (Å²) in [5, 5.41) is -1.38. The second-order valence-electron chi connectivity index (χ2n) is 3.69. The first kappa shape index (κ1) is 13.2. The summed E-state index contributed by atoms with van der Waals surface area (Å²) in [6.45, 7) is 2.00. The number of halogens is 2. The van der Waals surface area contributed by atoms with Gasteiger partial charge in [0.2, 0.25) is 10.5 Å². The smallest absolute Gasteiger partial charge is 0.233 e. The van der Waals surface area contributed by atoms with Gasteiger partial charge in [0, 0.05) is 0 Å². The van der Waals surface area contributed by atoms with Gasteiger partial charge in [-0.15, -0.1) is 0 Å². The minimum absolute atomic E-state index is 0.355. The molecule has 0 saturated heterocycles. The van der Waals surface area contributed by atoms with Crippen molar-refractivity contribution in [2.75, 3.05) is 0 Å². The minimum atomic E-state index is -0.898. The Bertz CT molecular complexity index is 371. The lowest BCUT2D eigenvalue weighted by molar-refractivity contribution is -0.124. The van der Waals surface area contributed by atoms with Gasteiger partial charge in [-0.25, -0.2) is 0 Å². The number of aryl methyl sites for hydroxylation is 2. The van der Waals surface area contributed by atoms with E-state index >= 15 is 0 Å². The normalized spacial score (nSPS) is 10.5. The molecule has 2 nitrogen and oxygen atoms in total. The highest BCUT2D eigenvalue weighted by molar-refractivity contribution is 6.73. The van der Waals surface area contributed by atoms with Crippen molar-refractivity contribution in [3.05, 3.63) is 35.4 Å². The molecule has 0 fully saturated rings. The lowest BCUT2D eigenvalue weighted by Crippen LogP contribution is -2.16. The van der Waals surface area contributed by atoms with E-state index < -0.39 is 16.4 Å². The van der Waals surface area contributed by atoms with Gasteiger partial charge in [-0.1, -0.05) is 29.8 Å². The Kier molecular flexibility index (Phi) is 4.97. The largest absolute Gasteiger partial charge is 0.280 e. The summed E-state index contributed by atoms with van der Waals surface area (Å²) in [5.41, 5.74) is 2.23. The van der Waals surface area contributed by atoms with Gasteiger partial charge in [0.15, 0.2) is 0 Å². The highest BCUT2D eigenvalue weighted by Gasteiger charge is 2.22. The average molecular weight is 259 g/mol. The standard InChI is InChI=1S/C12H12Cl2O2/c1-8-2-4-9(5-3-8)6-7-10(11(13)15)12(14)16/h2-5,10H,6-7H2,1H3. The second-order valence-corrected chi connectivity index (χ2v) is 4.43. The summed E-state index contributed by atoms with van der Waals surface area (Å²) in [4.78, 5) is 21.8. The molecule has 0 N–H and O–H groups in total. The molecular weight excluding hydrogens is 247 g/mol. The van der Waals surface area contributed by atoms with Crippen LogP contribution in [0.4, 0.5) is 0 Å². The molecule has 86 valence electrons. The van der Waals surface area contributed by atoms with E-state index in [0.29, 0.717) is 12.8 Å². The van der Waals surface area contributed by atoms with Gasteiger partial charge in [0.25, 0.3) is 0 Å². The molecule has 0 unspecified atom stereocenters. The molecule has 0 aliphatic heterocycles. The number of benzene rings is 1. The van der Waals surface area contributed by atoms with E-state index in [1.54, 1.807) is 0 Å². The Hall–Kier alpha value is -0.860. The van der Waals surface area contributed by atoms with Gasteiger partial charge in [-0.05, 0) is 48.5 Å². The van der Waals surface area contributed by atoms with Gasteiger partial charge in [0.05, 0.1) is 0 Å². The van der Waals surface area contributed by atoms with Crippen LogP contribution < -0.4 is 0 Å². The molecular formula is C12H12Cl2O2. The number of rotatable bonds is 5. The zero-order valence-corrected chi connectivity index (χ0v) is 10.4. The van der Waals surface area contributed by atoms with Crippen LogP contribution in [-0.2, 0) is 16.0 Å². The first-order chi connectivity index (χ1) is 7.50. The Balaban J connectivity index is 2.59. The fourth-order valence-corrected chi connectivity index (χ4v) is 1.85. The van der Waals surface area contributed by atoms with E-state index in [2.05, 4.69) is 0 Å². The SMILES string of the molecule is Cc1ccc(CCC(C(=O)Cl)C(=O)Cl)cc1. The van der Waals surface area contributed by atoms with E-state index in [0.717, 1.165) is 5.56 Å². The van der Waals surface area contributed by atoms with Gasteiger partial charge < -0.3 is 0 Å². The second kappa shape index (κ2) is 6.02. The minimum Gasteiger partial charge on any atom is -0.280 e. The summed E-state index contributed by atoms with van der Waals surface area (Å²) < 4.78 is 0. The van der Waals surface area contributed by atoms with Crippen LogP contribution in [0.5, 0.6) is 0 Å². The molecule has 0 radical (unpaired) electrons. The van der Waals surface area contributed by atoms with Crippen molar-refractivity contribution in [2.24, 2.45) is 5.92 Å². The average Bonchev–Trinajstić information content (AvgIpc) is 2.20. The fraction of sp³-hybridized carbons (Fsp3) is 0.333. The lowest BCUT2D eigenvalue weighted by Gasteiger charge is -2.07. The van der Waals surface area contributed by atoms with Crippen LogP contribution in [0.15, 0.2) is 24.3 Å². The predicted molar refractivity (Wildman–Crippen MR) is 64.7 cm³/mol. The van der Waals surface area contributed by atoms with Crippen molar-refractivity contribution in [2.45, 2.75) is 19.8 Å². The van der Waals surface area contributed by atoms with E-state index in [1.165, 1.54) is 5.56 Å². The molecule has 0 saturated carbocycles. The molecule has 1 aromatic rings. The number of carbonyl (C=O) groups is 2. The first-order valence-electron chi connectivity index (χ1n) is 4.95. The van der Waals surface area contributed by atoms with E-state index in [4.69, 9.17) is 23.2 Å². The Labute approximate surface area is 105 Å². The van der Waals surface area contributed by atoms with Crippen LogP contribution in [-0.4, -0.2) is 10.5 Å². The third-order valence-corrected chi connectivity index (χ3v) is 2.92. The van der Waals surface area contributed by atoms with Gasteiger partial charge in [0.1, 0.15) is 5.92 Å². The summed E-state index contributed by atoms with van der Waals surface area (Å²) in [7, 11) is 0. The maximum atomic E-state index is 10.9. The summed E-state index contributed by atoms with van der Waals surface area (Å²) in [6, 6.07) is 7.89. The van der Waals surface area contributed by atoms with Crippen molar-refractivity contribution in [1.29, 1.82) is 0 Å². The zero-order valence-electron chi connectivity index (χ0n) is 8.87. The maximum absolute atomic E-state index is 10.9. The Morgan fingerprint density at radius 2 is 1.62 bits per heavy atom. The summed E-state index contributed by atoms with van der Waals surface area (Å²) >= 11 is 10.6. The third-order valence-electron chi connectivity index (χ3n) is 2.39. The highest BCUT2D eigenvalue weighted by Crippen LogP contribution is 2.16. The molecule has 4 heteroatoms.